The van der Waals surface area contributed by atoms with Crippen LogP contribution in [-0.2, 0) is 11.2 Å². The number of hydrogen-bond acceptors (Lipinski definition) is 5. The van der Waals surface area contributed by atoms with Crippen LogP contribution in [0.5, 0.6) is 0 Å². The van der Waals surface area contributed by atoms with Gasteiger partial charge in [0.25, 0.3) is 5.91 Å². The van der Waals surface area contributed by atoms with Crippen LogP contribution in [0, 0.1) is 18.7 Å². The minimum Gasteiger partial charge on any atom is -0.338 e. The highest BCUT2D eigenvalue weighted by molar-refractivity contribution is 7.15. The predicted molar refractivity (Wildman–Crippen MR) is 118 cm³/mol. The average molecular weight is 444 g/mol. The number of thiazole rings is 1. The van der Waals surface area contributed by atoms with E-state index in [1.165, 1.54) is 22.7 Å². The summed E-state index contributed by atoms with van der Waals surface area (Å²) in [5.41, 5.74) is 1.50. The normalized spacial score (nSPS) is 14.7. The van der Waals surface area contributed by atoms with Crippen molar-refractivity contribution < 1.29 is 14.0 Å². The van der Waals surface area contributed by atoms with E-state index in [1.807, 2.05) is 28.5 Å². The maximum absolute atomic E-state index is 13.7. The van der Waals surface area contributed by atoms with Crippen molar-refractivity contribution in [2.75, 3.05) is 18.4 Å². The van der Waals surface area contributed by atoms with Crippen LogP contribution in [0.25, 0.3) is 0 Å². The van der Waals surface area contributed by atoms with Crippen molar-refractivity contribution in [3.63, 3.8) is 0 Å². The lowest BCUT2D eigenvalue weighted by Gasteiger charge is -2.30. The molecule has 0 unspecified atom stereocenters. The largest absolute Gasteiger partial charge is 0.338 e. The molecule has 0 radical (unpaired) electrons. The van der Waals surface area contributed by atoms with E-state index < -0.39 is 0 Å². The van der Waals surface area contributed by atoms with Crippen molar-refractivity contribution in [2.45, 2.75) is 26.2 Å². The SMILES string of the molecule is Cc1ccc(Cc2cnc(NC(=O)C3CCN(C(=O)c4cccs4)CC3)s2)cc1F. The Labute approximate surface area is 182 Å². The molecular formula is C22H22FN3O2S2. The Kier molecular flexibility index (Phi) is 6.24. The van der Waals surface area contributed by atoms with Gasteiger partial charge in [0.05, 0.1) is 4.88 Å². The molecular weight excluding hydrogens is 421 g/mol. The number of nitrogens with zero attached hydrogens (tertiary/aromatic N) is 2. The minimum atomic E-state index is -0.213. The third-order valence-electron chi connectivity index (χ3n) is 5.28. The third kappa shape index (κ3) is 4.76. The van der Waals surface area contributed by atoms with Gasteiger partial charge in [0.15, 0.2) is 5.13 Å². The molecule has 3 aromatic rings. The molecule has 30 heavy (non-hydrogen) atoms. The zero-order valence-corrected chi connectivity index (χ0v) is 18.2. The van der Waals surface area contributed by atoms with Gasteiger partial charge >= 0.3 is 0 Å². The third-order valence-corrected chi connectivity index (χ3v) is 7.05. The topological polar surface area (TPSA) is 62.3 Å². The zero-order valence-electron chi connectivity index (χ0n) is 16.6. The van der Waals surface area contributed by atoms with Gasteiger partial charge in [-0.05, 0) is 48.4 Å². The van der Waals surface area contributed by atoms with E-state index in [0.717, 1.165) is 15.3 Å². The highest BCUT2D eigenvalue weighted by Gasteiger charge is 2.28. The maximum Gasteiger partial charge on any atom is 0.263 e. The molecule has 156 valence electrons. The molecule has 1 N–H and O–H groups in total. The van der Waals surface area contributed by atoms with Crippen LogP contribution in [0.1, 0.15) is 38.5 Å². The monoisotopic (exact) mass is 443 g/mol. The summed E-state index contributed by atoms with van der Waals surface area (Å²) in [7, 11) is 0. The number of thiophene rings is 1. The lowest BCUT2D eigenvalue weighted by molar-refractivity contribution is -0.121. The van der Waals surface area contributed by atoms with Gasteiger partial charge in [-0.15, -0.1) is 22.7 Å². The van der Waals surface area contributed by atoms with E-state index in [1.54, 1.807) is 25.3 Å². The first-order chi connectivity index (χ1) is 14.5. The number of hydrogen-bond donors (Lipinski definition) is 1. The number of rotatable bonds is 5. The molecule has 0 spiro atoms. The van der Waals surface area contributed by atoms with Crippen LogP contribution in [0.15, 0.2) is 41.9 Å². The number of piperidine rings is 1. The Hall–Kier alpha value is -2.58. The van der Waals surface area contributed by atoms with Gasteiger partial charge in [-0.2, -0.15) is 0 Å². The molecule has 2 aromatic heterocycles. The molecule has 1 aliphatic rings. The molecule has 1 saturated heterocycles. The van der Waals surface area contributed by atoms with Crippen molar-refractivity contribution in [1.82, 2.24) is 9.88 Å². The smallest absolute Gasteiger partial charge is 0.263 e. The van der Waals surface area contributed by atoms with E-state index in [9.17, 15) is 14.0 Å². The summed E-state index contributed by atoms with van der Waals surface area (Å²) in [6.45, 7) is 2.90. The van der Waals surface area contributed by atoms with Gasteiger partial charge in [0.1, 0.15) is 5.82 Å². The van der Waals surface area contributed by atoms with E-state index in [-0.39, 0.29) is 23.5 Å². The second-order valence-corrected chi connectivity index (χ2v) is 9.49. The average Bonchev–Trinajstić information content (AvgIpc) is 3.43. The Balaban J connectivity index is 1.29. The van der Waals surface area contributed by atoms with Gasteiger partial charge in [0, 0.05) is 36.5 Å². The van der Waals surface area contributed by atoms with Gasteiger partial charge in [0.2, 0.25) is 5.91 Å². The highest BCUT2D eigenvalue weighted by Crippen LogP contribution is 2.25. The number of benzene rings is 1. The van der Waals surface area contributed by atoms with Gasteiger partial charge in [-0.1, -0.05) is 18.2 Å². The molecule has 0 saturated carbocycles. The second-order valence-electron chi connectivity index (χ2n) is 7.43. The Morgan fingerprint density at radius 3 is 2.77 bits per heavy atom. The summed E-state index contributed by atoms with van der Waals surface area (Å²) in [6.07, 6.45) is 3.59. The summed E-state index contributed by atoms with van der Waals surface area (Å²) < 4.78 is 13.7. The first-order valence-electron chi connectivity index (χ1n) is 9.83. The van der Waals surface area contributed by atoms with Crippen LogP contribution in [0.2, 0.25) is 0 Å². The number of carbonyl (C=O) groups excluding carboxylic acids is 2. The van der Waals surface area contributed by atoms with Crippen molar-refractivity contribution >= 4 is 39.6 Å². The molecule has 1 aliphatic heterocycles. The summed E-state index contributed by atoms with van der Waals surface area (Å²) in [4.78, 5) is 32.9. The predicted octanol–water partition coefficient (Wildman–Crippen LogP) is 4.73. The van der Waals surface area contributed by atoms with E-state index in [4.69, 9.17) is 0 Å². The molecule has 0 bridgehead atoms. The minimum absolute atomic E-state index is 0.0426. The van der Waals surface area contributed by atoms with E-state index in [0.29, 0.717) is 43.0 Å². The second kappa shape index (κ2) is 9.06. The number of halogens is 1. The van der Waals surface area contributed by atoms with Crippen LogP contribution < -0.4 is 5.32 Å². The number of likely N-dealkylation sites (tertiary alicyclic amines) is 1. The Morgan fingerprint density at radius 1 is 1.27 bits per heavy atom. The maximum atomic E-state index is 13.7. The molecule has 8 heteroatoms. The quantitative estimate of drug-likeness (QED) is 0.620. The van der Waals surface area contributed by atoms with Crippen molar-refractivity contribution in [3.05, 3.63) is 68.6 Å². The van der Waals surface area contributed by atoms with Crippen molar-refractivity contribution in [3.8, 4) is 0 Å². The fraction of sp³-hybridized carbons (Fsp3) is 0.318. The number of amides is 2. The number of aromatic nitrogens is 1. The standard InChI is InChI=1S/C22H22FN3O2S2/c1-14-4-5-15(12-18(14)23)11-17-13-24-22(30-17)25-20(27)16-6-8-26(9-7-16)21(28)19-3-2-10-29-19/h2-5,10,12-13,16H,6-9,11H2,1H3,(H,24,25,27). The highest BCUT2D eigenvalue weighted by atomic mass is 32.1. The molecule has 0 aliphatic carbocycles. The van der Waals surface area contributed by atoms with E-state index >= 15 is 0 Å². The number of carbonyl (C=O) groups is 2. The molecule has 5 nitrogen and oxygen atoms in total. The molecule has 1 fully saturated rings. The summed E-state index contributed by atoms with van der Waals surface area (Å²) >= 11 is 2.84. The molecule has 1 aromatic carbocycles. The lowest BCUT2D eigenvalue weighted by Crippen LogP contribution is -2.41. The van der Waals surface area contributed by atoms with Crippen LogP contribution in [-0.4, -0.2) is 34.8 Å². The first kappa shape index (κ1) is 20.7. The van der Waals surface area contributed by atoms with Crippen LogP contribution in [0.3, 0.4) is 0 Å². The zero-order chi connectivity index (χ0) is 21.1. The Morgan fingerprint density at radius 2 is 2.07 bits per heavy atom. The van der Waals surface area contributed by atoms with E-state index in [2.05, 4.69) is 10.3 Å². The van der Waals surface area contributed by atoms with Gasteiger partial charge in [-0.3, -0.25) is 9.59 Å². The van der Waals surface area contributed by atoms with Crippen LogP contribution >= 0.6 is 22.7 Å². The van der Waals surface area contributed by atoms with Gasteiger partial charge < -0.3 is 10.2 Å². The lowest BCUT2D eigenvalue weighted by atomic mass is 9.96. The molecule has 4 rings (SSSR count). The number of nitrogens with one attached hydrogen (secondary N) is 1. The molecule has 3 heterocycles. The summed E-state index contributed by atoms with van der Waals surface area (Å²) in [5, 5.41) is 5.35. The first-order valence-corrected chi connectivity index (χ1v) is 11.5. The fourth-order valence-corrected chi connectivity index (χ4v) is 5.04. The summed E-state index contributed by atoms with van der Waals surface area (Å²) in [5.74, 6) is -0.355. The Bertz CT molecular complexity index is 1040. The van der Waals surface area contributed by atoms with Crippen LogP contribution in [0.4, 0.5) is 9.52 Å². The van der Waals surface area contributed by atoms with Gasteiger partial charge in [-0.25, -0.2) is 9.37 Å². The van der Waals surface area contributed by atoms with Crippen molar-refractivity contribution in [1.29, 1.82) is 0 Å². The molecule has 2 amide bonds. The summed E-state index contributed by atoms with van der Waals surface area (Å²) in [6, 6.07) is 8.91. The van der Waals surface area contributed by atoms with Crippen molar-refractivity contribution in [2.24, 2.45) is 5.92 Å². The molecule has 0 atom stereocenters. The fourth-order valence-electron chi connectivity index (χ4n) is 3.50. The number of aryl methyl sites for hydroxylation is 1. The number of anilines is 1.